The zero-order chi connectivity index (χ0) is 21.2. The molecule has 0 saturated carbocycles. The van der Waals surface area contributed by atoms with E-state index in [0.717, 1.165) is 18.4 Å². The standard InChI is InChI=1S/C22H30N2O4S/c1-5-7-8-9-13-27-17-11-10-16(14-18(17)26-4)20-19(21(25)28-12-6-2)15(3)23-22(29)24-20/h6,10-11,14,20H,2,5,7-9,12-13H2,1,3-4H3,(H2,23,24,29)/t20-/m1/s1. The molecule has 0 fully saturated rings. The average Bonchev–Trinajstić information content (AvgIpc) is 2.71. The van der Waals surface area contributed by atoms with Gasteiger partial charge in [0.05, 0.1) is 25.3 Å². The van der Waals surface area contributed by atoms with Crippen molar-refractivity contribution >= 4 is 23.3 Å². The van der Waals surface area contributed by atoms with Gasteiger partial charge in [0.2, 0.25) is 0 Å². The van der Waals surface area contributed by atoms with Gasteiger partial charge in [-0.3, -0.25) is 0 Å². The van der Waals surface area contributed by atoms with Crippen molar-refractivity contribution in [2.45, 2.75) is 45.6 Å². The minimum atomic E-state index is -0.450. The Hall–Kier alpha value is -2.54. The summed E-state index contributed by atoms with van der Waals surface area (Å²) >= 11 is 5.29. The third kappa shape index (κ3) is 6.22. The first kappa shape index (κ1) is 22.7. The van der Waals surface area contributed by atoms with E-state index in [-0.39, 0.29) is 6.61 Å². The number of esters is 1. The molecule has 7 heteroatoms. The van der Waals surface area contributed by atoms with Crippen LogP contribution in [0.1, 0.15) is 51.1 Å². The van der Waals surface area contributed by atoms with E-state index < -0.39 is 12.0 Å². The van der Waals surface area contributed by atoms with Gasteiger partial charge in [-0.2, -0.15) is 0 Å². The van der Waals surface area contributed by atoms with Crippen molar-refractivity contribution in [2.75, 3.05) is 20.3 Å². The van der Waals surface area contributed by atoms with Crippen molar-refractivity contribution in [1.29, 1.82) is 0 Å². The second-order valence-electron chi connectivity index (χ2n) is 6.78. The Balaban J connectivity index is 2.23. The molecule has 0 radical (unpaired) electrons. The number of carbonyl (C=O) groups is 1. The van der Waals surface area contributed by atoms with Crippen LogP contribution in [0.2, 0.25) is 0 Å². The minimum absolute atomic E-state index is 0.140. The van der Waals surface area contributed by atoms with Crippen LogP contribution in [0.15, 0.2) is 42.1 Å². The molecule has 1 aromatic carbocycles. The first-order valence-corrected chi connectivity index (χ1v) is 10.3. The van der Waals surface area contributed by atoms with E-state index in [9.17, 15) is 4.79 Å². The van der Waals surface area contributed by atoms with E-state index in [2.05, 4.69) is 24.1 Å². The Bertz CT molecular complexity index is 776. The zero-order valence-corrected chi connectivity index (χ0v) is 18.2. The van der Waals surface area contributed by atoms with Gasteiger partial charge in [-0.05, 0) is 43.3 Å². The highest BCUT2D eigenvalue weighted by molar-refractivity contribution is 7.80. The maximum Gasteiger partial charge on any atom is 0.338 e. The van der Waals surface area contributed by atoms with Crippen LogP contribution in [-0.2, 0) is 9.53 Å². The number of nitrogens with one attached hydrogen (secondary N) is 2. The highest BCUT2D eigenvalue weighted by atomic mass is 32.1. The summed E-state index contributed by atoms with van der Waals surface area (Å²) in [6, 6.07) is 5.18. The molecule has 6 nitrogen and oxygen atoms in total. The molecule has 1 aromatic rings. The fraction of sp³-hybridized carbons (Fsp3) is 0.455. The molecule has 0 spiro atoms. The molecule has 0 aromatic heterocycles. The molecule has 29 heavy (non-hydrogen) atoms. The Morgan fingerprint density at radius 1 is 1.28 bits per heavy atom. The number of unbranched alkanes of at least 4 members (excludes halogenated alkanes) is 3. The lowest BCUT2D eigenvalue weighted by Crippen LogP contribution is -2.45. The molecule has 0 unspecified atom stereocenters. The normalized spacial score (nSPS) is 16.0. The maximum absolute atomic E-state index is 12.6. The van der Waals surface area contributed by atoms with Crippen molar-refractivity contribution in [2.24, 2.45) is 0 Å². The van der Waals surface area contributed by atoms with Gasteiger partial charge in [-0.25, -0.2) is 4.79 Å². The first-order valence-electron chi connectivity index (χ1n) is 9.88. The monoisotopic (exact) mass is 418 g/mol. The summed E-state index contributed by atoms with van der Waals surface area (Å²) in [6.07, 6.45) is 6.08. The largest absolute Gasteiger partial charge is 0.493 e. The number of allylic oxidation sites excluding steroid dienone is 1. The molecule has 0 bridgehead atoms. The number of benzene rings is 1. The van der Waals surface area contributed by atoms with Crippen LogP contribution in [0.3, 0.4) is 0 Å². The lowest BCUT2D eigenvalue weighted by molar-refractivity contribution is -0.138. The molecule has 1 atom stereocenters. The number of hydrogen-bond acceptors (Lipinski definition) is 5. The van der Waals surface area contributed by atoms with E-state index in [1.807, 2.05) is 18.2 Å². The van der Waals surface area contributed by atoms with Crippen molar-refractivity contribution in [3.8, 4) is 11.5 Å². The van der Waals surface area contributed by atoms with Crippen LogP contribution in [0, 0.1) is 0 Å². The molecule has 158 valence electrons. The maximum atomic E-state index is 12.6. The molecular formula is C22H30N2O4S. The first-order chi connectivity index (χ1) is 14.0. The summed E-state index contributed by atoms with van der Waals surface area (Å²) < 4.78 is 16.7. The van der Waals surface area contributed by atoms with Gasteiger partial charge in [-0.1, -0.05) is 44.9 Å². The number of methoxy groups -OCH3 is 1. The van der Waals surface area contributed by atoms with Crippen LogP contribution in [-0.4, -0.2) is 31.4 Å². The molecule has 0 amide bonds. The van der Waals surface area contributed by atoms with Gasteiger partial charge in [-0.15, -0.1) is 0 Å². The second-order valence-corrected chi connectivity index (χ2v) is 7.18. The van der Waals surface area contributed by atoms with Crippen molar-refractivity contribution < 1.29 is 19.0 Å². The van der Waals surface area contributed by atoms with Gasteiger partial charge >= 0.3 is 5.97 Å². The van der Waals surface area contributed by atoms with E-state index >= 15 is 0 Å². The Kier molecular flexibility index (Phi) is 8.99. The molecule has 1 heterocycles. The average molecular weight is 419 g/mol. The minimum Gasteiger partial charge on any atom is -0.493 e. The Morgan fingerprint density at radius 3 is 2.76 bits per heavy atom. The summed E-state index contributed by atoms with van der Waals surface area (Å²) in [4.78, 5) is 12.6. The highest BCUT2D eigenvalue weighted by Gasteiger charge is 2.31. The van der Waals surface area contributed by atoms with E-state index in [1.165, 1.54) is 18.9 Å². The number of hydrogen-bond donors (Lipinski definition) is 2. The molecule has 2 rings (SSSR count). The molecule has 0 aliphatic carbocycles. The van der Waals surface area contributed by atoms with Gasteiger partial charge in [0.25, 0.3) is 0 Å². The summed E-state index contributed by atoms with van der Waals surface area (Å²) in [6.45, 7) is 8.35. The van der Waals surface area contributed by atoms with E-state index in [1.54, 1.807) is 14.0 Å². The molecule has 1 aliphatic heterocycles. The SMILES string of the molecule is C=CCOC(=O)C1=C(C)NC(=S)N[C@@H]1c1ccc(OCCCCCC)c(OC)c1. The van der Waals surface area contributed by atoms with Crippen LogP contribution >= 0.6 is 12.2 Å². The third-order valence-electron chi connectivity index (χ3n) is 4.60. The second kappa shape index (κ2) is 11.5. The number of thiocarbonyl (C=S) groups is 1. The molecule has 2 N–H and O–H groups in total. The van der Waals surface area contributed by atoms with Crippen molar-refractivity contribution in [1.82, 2.24) is 10.6 Å². The van der Waals surface area contributed by atoms with Crippen LogP contribution < -0.4 is 20.1 Å². The summed E-state index contributed by atoms with van der Waals surface area (Å²) in [5.74, 6) is 0.867. The van der Waals surface area contributed by atoms with Gasteiger partial charge in [0.15, 0.2) is 16.6 Å². The lowest BCUT2D eigenvalue weighted by atomic mass is 9.95. The molecular weight excluding hydrogens is 388 g/mol. The van der Waals surface area contributed by atoms with Crippen LogP contribution in [0.5, 0.6) is 11.5 Å². The predicted octanol–water partition coefficient (Wildman–Crippen LogP) is 4.18. The quantitative estimate of drug-likeness (QED) is 0.242. The smallest absolute Gasteiger partial charge is 0.338 e. The highest BCUT2D eigenvalue weighted by Crippen LogP contribution is 2.34. The van der Waals surface area contributed by atoms with Crippen LogP contribution in [0.25, 0.3) is 0 Å². The predicted molar refractivity (Wildman–Crippen MR) is 118 cm³/mol. The topological polar surface area (TPSA) is 68.8 Å². The Morgan fingerprint density at radius 2 is 2.07 bits per heavy atom. The van der Waals surface area contributed by atoms with Gasteiger partial charge < -0.3 is 24.8 Å². The van der Waals surface area contributed by atoms with Crippen LogP contribution in [0.4, 0.5) is 0 Å². The fourth-order valence-electron chi connectivity index (χ4n) is 3.12. The summed E-state index contributed by atoms with van der Waals surface area (Å²) in [5.41, 5.74) is 1.95. The molecule has 0 saturated heterocycles. The van der Waals surface area contributed by atoms with E-state index in [0.29, 0.717) is 34.5 Å². The Labute approximate surface area is 178 Å². The van der Waals surface area contributed by atoms with Crippen molar-refractivity contribution in [3.63, 3.8) is 0 Å². The number of ether oxygens (including phenoxy) is 3. The van der Waals surface area contributed by atoms with Crippen molar-refractivity contribution in [3.05, 3.63) is 47.7 Å². The fourth-order valence-corrected chi connectivity index (χ4v) is 3.39. The molecule has 1 aliphatic rings. The summed E-state index contributed by atoms with van der Waals surface area (Å²) in [5, 5.41) is 6.58. The van der Waals surface area contributed by atoms with Gasteiger partial charge in [0, 0.05) is 5.70 Å². The lowest BCUT2D eigenvalue weighted by Gasteiger charge is -2.30. The zero-order valence-electron chi connectivity index (χ0n) is 17.4. The number of carbonyl (C=O) groups excluding carboxylic acids is 1. The summed E-state index contributed by atoms with van der Waals surface area (Å²) in [7, 11) is 1.60. The van der Waals surface area contributed by atoms with E-state index in [4.69, 9.17) is 26.4 Å². The number of rotatable bonds is 11. The van der Waals surface area contributed by atoms with Gasteiger partial charge in [0.1, 0.15) is 6.61 Å². The third-order valence-corrected chi connectivity index (χ3v) is 4.82.